The zero-order valence-corrected chi connectivity index (χ0v) is 9.86. The van der Waals surface area contributed by atoms with Gasteiger partial charge < -0.3 is 10.5 Å². The van der Waals surface area contributed by atoms with Crippen molar-refractivity contribution >= 4 is 0 Å². The summed E-state index contributed by atoms with van der Waals surface area (Å²) in [6.07, 6.45) is 0. The SMILES string of the molecule is CN(C)NC(CN)c1ccccc1OC(F)F. The van der Waals surface area contributed by atoms with Gasteiger partial charge in [-0.3, -0.25) is 0 Å². The van der Waals surface area contributed by atoms with E-state index in [0.29, 0.717) is 5.56 Å². The van der Waals surface area contributed by atoms with E-state index in [9.17, 15) is 8.78 Å². The van der Waals surface area contributed by atoms with Crippen molar-refractivity contribution in [3.05, 3.63) is 29.8 Å². The van der Waals surface area contributed by atoms with Gasteiger partial charge >= 0.3 is 6.61 Å². The molecule has 0 saturated heterocycles. The number of nitrogens with one attached hydrogen (secondary N) is 1. The average Bonchev–Trinajstić information content (AvgIpc) is 2.26. The maximum Gasteiger partial charge on any atom is 0.387 e. The Hall–Kier alpha value is -1.24. The van der Waals surface area contributed by atoms with Crippen molar-refractivity contribution < 1.29 is 13.5 Å². The molecule has 0 saturated carbocycles. The van der Waals surface area contributed by atoms with Crippen LogP contribution in [0.3, 0.4) is 0 Å². The highest BCUT2D eigenvalue weighted by Crippen LogP contribution is 2.25. The lowest BCUT2D eigenvalue weighted by molar-refractivity contribution is -0.0508. The number of halogens is 2. The molecule has 0 radical (unpaired) electrons. The lowest BCUT2D eigenvalue weighted by Gasteiger charge is -2.23. The van der Waals surface area contributed by atoms with Gasteiger partial charge in [-0.15, -0.1) is 0 Å². The van der Waals surface area contributed by atoms with E-state index in [1.165, 1.54) is 6.07 Å². The van der Waals surface area contributed by atoms with Crippen LogP contribution in [0.4, 0.5) is 8.78 Å². The van der Waals surface area contributed by atoms with E-state index in [2.05, 4.69) is 10.2 Å². The molecule has 3 N–H and O–H groups in total. The zero-order chi connectivity index (χ0) is 12.8. The number of hydrogen-bond acceptors (Lipinski definition) is 4. The normalized spacial score (nSPS) is 13.1. The number of rotatable bonds is 6. The number of hydrogen-bond donors (Lipinski definition) is 2. The summed E-state index contributed by atoms with van der Waals surface area (Å²) in [5.74, 6) is 0.146. The summed E-state index contributed by atoms with van der Waals surface area (Å²) < 4.78 is 29.0. The molecule has 17 heavy (non-hydrogen) atoms. The van der Waals surface area contributed by atoms with Gasteiger partial charge in [-0.05, 0) is 6.07 Å². The van der Waals surface area contributed by atoms with Gasteiger partial charge in [-0.2, -0.15) is 8.78 Å². The third-order valence-corrected chi connectivity index (χ3v) is 2.16. The fourth-order valence-electron chi connectivity index (χ4n) is 1.53. The fraction of sp³-hybridized carbons (Fsp3) is 0.455. The minimum atomic E-state index is -2.84. The predicted molar refractivity (Wildman–Crippen MR) is 61.7 cm³/mol. The smallest absolute Gasteiger partial charge is 0.387 e. The first-order chi connectivity index (χ1) is 8.04. The predicted octanol–water partition coefficient (Wildman–Crippen LogP) is 1.35. The quantitative estimate of drug-likeness (QED) is 0.743. The van der Waals surface area contributed by atoms with Gasteiger partial charge in [-0.1, -0.05) is 18.2 Å². The molecule has 96 valence electrons. The number of nitrogens with two attached hydrogens (primary N) is 1. The molecule has 0 amide bonds. The summed E-state index contributed by atoms with van der Waals surface area (Å²) in [7, 11) is 3.61. The maximum absolute atomic E-state index is 12.2. The van der Waals surface area contributed by atoms with Crippen molar-refractivity contribution in [1.29, 1.82) is 0 Å². The summed E-state index contributed by atoms with van der Waals surface area (Å²) in [5, 5.41) is 1.72. The molecule has 1 rings (SSSR count). The van der Waals surface area contributed by atoms with Gasteiger partial charge in [0.1, 0.15) is 5.75 Å². The molecule has 1 aromatic carbocycles. The Balaban J connectivity index is 2.93. The minimum absolute atomic E-state index is 0.146. The molecule has 0 heterocycles. The van der Waals surface area contributed by atoms with Gasteiger partial charge in [0.15, 0.2) is 0 Å². The van der Waals surface area contributed by atoms with Crippen molar-refractivity contribution in [2.45, 2.75) is 12.7 Å². The van der Waals surface area contributed by atoms with Crippen LogP contribution in [0, 0.1) is 0 Å². The molecule has 4 nitrogen and oxygen atoms in total. The van der Waals surface area contributed by atoms with E-state index in [4.69, 9.17) is 5.73 Å². The Labute approximate surface area is 99.3 Å². The first-order valence-corrected chi connectivity index (χ1v) is 5.22. The third-order valence-electron chi connectivity index (χ3n) is 2.16. The standard InChI is InChI=1S/C11H17F2N3O/c1-16(2)15-9(7-14)8-5-3-4-6-10(8)17-11(12)13/h3-6,9,11,15H,7,14H2,1-2H3. The van der Waals surface area contributed by atoms with Crippen molar-refractivity contribution in [2.75, 3.05) is 20.6 Å². The molecule has 0 aliphatic carbocycles. The lowest BCUT2D eigenvalue weighted by atomic mass is 10.1. The van der Waals surface area contributed by atoms with Gasteiger partial charge in [0.05, 0.1) is 6.04 Å². The van der Waals surface area contributed by atoms with E-state index in [0.717, 1.165) is 0 Å². The van der Waals surface area contributed by atoms with E-state index >= 15 is 0 Å². The monoisotopic (exact) mass is 245 g/mol. The first-order valence-electron chi connectivity index (χ1n) is 5.22. The van der Waals surface area contributed by atoms with Gasteiger partial charge in [0, 0.05) is 26.2 Å². The zero-order valence-electron chi connectivity index (χ0n) is 9.86. The first kappa shape index (κ1) is 13.8. The molecule has 1 atom stereocenters. The van der Waals surface area contributed by atoms with E-state index in [1.54, 1.807) is 37.3 Å². The number of para-hydroxylation sites is 1. The highest BCUT2D eigenvalue weighted by molar-refractivity contribution is 5.36. The molecule has 1 unspecified atom stereocenters. The van der Waals surface area contributed by atoms with Crippen molar-refractivity contribution in [1.82, 2.24) is 10.4 Å². The Morgan fingerprint density at radius 3 is 2.53 bits per heavy atom. The lowest BCUT2D eigenvalue weighted by Crippen LogP contribution is -2.38. The minimum Gasteiger partial charge on any atom is -0.434 e. The molecule has 0 fully saturated rings. The number of benzene rings is 1. The average molecular weight is 245 g/mol. The molecule has 6 heteroatoms. The summed E-state index contributed by atoms with van der Waals surface area (Å²) in [4.78, 5) is 0. The van der Waals surface area contributed by atoms with Crippen LogP contribution in [0.2, 0.25) is 0 Å². The topological polar surface area (TPSA) is 50.5 Å². The Bertz CT molecular complexity index is 347. The van der Waals surface area contributed by atoms with E-state index in [-0.39, 0.29) is 18.3 Å². The molecule has 0 aromatic heterocycles. The van der Waals surface area contributed by atoms with E-state index in [1.807, 2.05) is 0 Å². The molecule has 0 spiro atoms. The number of alkyl halides is 2. The van der Waals surface area contributed by atoms with Gasteiger partial charge in [0.2, 0.25) is 0 Å². The van der Waals surface area contributed by atoms with Crippen LogP contribution >= 0.6 is 0 Å². The van der Waals surface area contributed by atoms with Gasteiger partial charge in [-0.25, -0.2) is 10.4 Å². The number of ether oxygens (including phenoxy) is 1. The molecule has 0 aliphatic rings. The van der Waals surface area contributed by atoms with Crippen LogP contribution in [0.5, 0.6) is 5.75 Å². The Morgan fingerprint density at radius 1 is 1.35 bits per heavy atom. The van der Waals surface area contributed by atoms with Crippen LogP contribution in [-0.2, 0) is 0 Å². The molecule has 0 aliphatic heterocycles. The van der Waals surface area contributed by atoms with Gasteiger partial charge in [0.25, 0.3) is 0 Å². The van der Waals surface area contributed by atoms with Crippen LogP contribution in [0.15, 0.2) is 24.3 Å². The van der Waals surface area contributed by atoms with Crippen molar-refractivity contribution in [2.24, 2.45) is 5.73 Å². The summed E-state index contributed by atoms with van der Waals surface area (Å²) in [6.45, 7) is -2.56. The molecular weight excluding hydrogens is 228 g/mol. The van der Waals surface area contributed by atoms with Crippen molar-refractivity contribution in [3.8, 4) is 5.75 Å². The Kier molecular flexibility index (Phi) is 5.27. The second-order valence-electron chi connectivity index (χ2n) is 3.73. The third kappa shape index (κ3) is 4.26. The van der Waals surface area contributed by atoms with Crippen LogP contribution < -0.4 is 15.9 Å². The molecule has 0 bridgehead atoms. The fourth-order valence-corrected chi connectivity index (χ4v) is 1.53. The second-order valence-corrected chi connectivity index (χ2v) is 3.73. The second kappa shape index (κ2) is 6.48. The summed E-state index contributed by atoms with van der Waals surface area (Å²) >= 11 is 0. The number of nitrogens with zero attached hydrogens (tertiary/aromatic N) is 1. The van der Waals surface area contributed by atoms with Crippen LogP contribution in [0.25, 0.3) is 0 Å². The molecule has 1 aromatic rings. The van der Waals surface area contributed by atoms with Crippen molar-refractivity contribution in [3.63, 3.8) is 0 Å². The largest absolute Gasteiger partial charge is 0.434 e. The highest BCUT2D eigenvalue weighted by Gasteiger charge is 2.17. The molecular formula is C11H17F2N3O. The maximum atomic E-state index is 12.2. The van der Waals surface area contributed by atoms with Crippen LogP contribution in [-0.4, -0.2) is 32.3 Å². The summed E-state index contributed by atoms with van der Waals surface area (Å²) in [6, 6.07) is 6.35. The van der Waals surface area contributed by atoms with E-state index < -0.39 is 6.61 Å². The summed E-state index contributed by atoms with van der Waals surface area (Å²) in [5.41, 5.74) is 9.28. The Morgan fingerprint density at radius 2 is 2.00 bits per heavy atom. The highest BCUT2D eigenvalue weighted by atomic mass is 19.3. The van der Waals surface area contributed by atoms with Crippen LogP contribution in [0.1, 0.15) is 11.6 Å². The number of hydrazine groups is 1.